The van der Waals surface area contributed by atoms with Crippen LogP contribution in [-0.2, 0) is 38.0 Å². The lowest BCUT2D eigenvalue weighted by molar-refractivity contribution is -0.192. The first-order valence-electron chi connectivity index (χ1n) is 9.34. The van der Waals surface area contributed by atoms with E-state index in [9.17, 15) is 18.0 Å². The van der Waals surface area contributed by atoms with Gasteiger partial charge in [-0.25, -0.2) is 14.8 Å². The molecule has 3 aromatic heterocycles. The number of nitrogens with zero attached hydrogens (tertiary/aromatic N) is 6. The molecular weight excluding hydrogens is 451 g/mol. The van der Waals surface area contributed by atoms with Gasteiger partial charge in [0.25, 0.3) is 5.91 Å². The molecule has 2 N–H and O–H groups in total. The normalized spacial score (nSPS) is 13.8. The number of nitrogens with one attached hydrogen (secondary N) is 1. The summed E-state index contributed by atoms with van der Waals surface area (Å²) in [6, 6.07) is 0. The van der Waals surface area contributed by atoms with E-state index in [0.29, 0.717) is 12.1 Å². The van der Waals surface area contributed by atoms with Crippen LogP contribution in [0.4, 0.5) is 13.2 Å². The molecule has 0 aromatic carbocycles. The molecule has 3 aromatic rings. The number of thiazole rings is 1. The van der Waals surface area contributed by atoms with E-state index in [1.807, 2.05) is 17.8 Å². The number of hydrogen-bond donors (Lipinski definition) is 2. The Hall–Kier alpha value is -3.26. The second kappa shape index (κ2) is 9.91. The molecule has 14 heteroatoms. The standard InChI is InChI=1S/C16H19N7OS.C2HF3O2/c1-21-8-12(6-19-21)16(24)18-7-13-9-23-4-3-22(10-14(23)20-13)11-15-17-2-5-25-15;3-2(4,5)1(6)7/h2,5-6,8-9H,3-4,7,10-11H2,1H3,(H,18,24);(H,6,7). The summed E-state index contributed by atoms with van der Waals surface area (Å²) in [4.78, 5) is 32.3. The number of aromatic nitrogens is 5. The second-order valence-electron chi connectivity index (χ2n) is 6.87. The van der Waals surface area contributed by atoms with Crippen LogP contribution in [0.25, 0.3) is 0 Å². The maximum absolute atomic E-state index is 12.1. The van der Waals surface area contributed by atoms with Gasteiger partial charge < -0.3 is 15.0 Å². The van der Waals surface area contributed by atoms with Gasteiger partial charge in [-0.3, -0.25) is 14.4 Å². The molecule has 0 atom stereocenters. The number of carboxylic acids is 1. The van der Waals surface area contributed by atoms with E-state index < -0.39 is 12.1 Å². The van der Waals surface area contributed by atoms with Gasteiger partial charge in [0, 0.05) is 44.1 Å². The summed E-state index contributed by atoms with van der Waals surface area (Å²) >= 11 is 1.68. The Labute approximate surface area is 184 Å². The fourth-order valence-corrected chi connectivity index (χ4v) is 3.57. The van der Waals surface area contributed by atoms with Crippen LogP contribution >= 0.6 is 11.3 Å². The van der Waals surface area contributed by atoms with Crippen molar-refractivity contribution < 1.29 is 27.9 Å². The van der Waals surface area contributed by atoms with Crippen LogP contribution in [0.3, 0.4) is 0 Å². The van der Waals surface area contributed by atoms with Gasteiger partial charge >= 0.3 is 12.1 Å². The molecule has 32 heavy (non-hydrogen) atoms. The number of halogens is 3. The van der Waals surface area contributed by atoms with Crippen molar-refractivity contribution in [3.05, 3.63) is 52.3 Å². The zero-order chi connectivity index (χ0) is 23.3. The van der Waals surface area contributed by atoms with Crippen LogP contribution < -0.4 is 5.32 Å². The average Bonchev–Trinajstić information content (AvgIpc) is 3.46. The zero-order valence-electron chi connectivity index (χ0n) is 16.9. The molecule has 0 radical (unpaired) electrons. The third-order valence-electron chi connectivity index (χ3n) is 4.41. The Bertz CT molecular complexity index is 1060. The molecule has 0 aliphatic carbocycles. The summed E-state index contributed by atoms with van der Waals surface area (Å²) in [7, 11) is 1.79. The van der Waals surface area contributed by atoms with E-state index in [2.05, 4.69) is 29.9 Å². The van der Waals surface area contributed by atoms with Crippen LogP contribution in [0, 0.1) is 0 Å². The zero-order valence-corrected chi connectivity index (χ0v) is 17.7. The molecule has 1 aliphatic rings. The minimum Gasteiger partial charge on any atom is -0.475 e. The first kappa shape index (κ1) is 23.4. The fraction of sp³-hybridized carbons (Fsp3) is 0.389. The lowest BCUT2D eigenvalue weighted by Gasteiger charge is -2.26. The van der Waals surface area contributed by atoms with E-state index >= 15 is 0 Å². The number of rotatable bonds is 5. The van der Waals surface area contributed by atoms with Gasteiger partial charge in [0.15, 0.2) is 0 Å². The molecular formula is C18H20F3N7O3S. The third kappa shape index (κ3) is 6.37. The Morgan fingerprint density at radius 3 is 2.62 bits per heavy atom. The highest BCUT2D eigenvalue weighted by Gasteiger charge is 2.38. The number of carboxylic acid groups (broad SMARTS) is 1. The Balaban J connectivity index is 0.000000360. The largest absolute Gasteiger partial charge is 0.490 e. The fourth-order valence-electron chi connectivity index (χ4n) is 2.92. The topological polar surface area (TPSA) is 118 Å². The number of carbonyl (C=O) groups excluding carboxylic acids is 1. The first-order valence-corrected chi connectivity index (χ1v) is 10.2. The van der Waals surface area contributed by atoms with Crippen LogP contribution in [0.5, 0.6) is 0 Å². The number of imidazole rings is 1. The molecule has 1 aliphatic heterocycles. The molecule has 0 saturated carbocycles. The van der Waals surface area contributed by atoms with Crippen molar-refractivity contribution in [2.45, 2.75) is 32.4 Å². The average molecular weight is 471 g/mol. The summed E-state index contributed by atoms with van der Waals surface area (Å²) in [6.07, 6.45) is 2.04. The predicted octanol–water partition coefficient (Wildman–Crippen LogP) is 1.65. The number of aryl methyl sites for hydroxylation is 1. The predicted molar refractivity (Wildman–Crippen MR) is 107 cm³/mol. The Kier molecular flexibility index (Phi) is 7.25. The smallest absolute Gasteiger partial charge is 0.475 e. The number of carbonyl (C=O) groups is 2. The maximum atomic E-state index is 12.1. The highest BCUT2D eigenvalue weighted by atomic mass is 32.1. The highest BCUT2D eigenvalue weighted by Crippen LogP contribution is 2.17. The highest BCUT2D eigenvalue weighted by molar-refractivity contribution is 7.09. The maximum Gasteiger partial charge on any atom is 0.490 e. The van der Waals surface area contributed by atoms with Crippen molar-refractivity contribution in [1.82, 2.24) is 34.5 Å². The number of aliphatic carboxylic acids is 1. The van der Waals surface area contributed by atoms with Crippen molar-refractivity contribution >= 4 is 23.2 Å². The molecule has 0 saturated heterocycles. The van der Waals surface area contributed by atoms with Gasteiger partial charge in [0.2, 0.25) is 0 Å². The van der Waals surface area contributed by atoms with E-state index in [4.69, 9.17) is 9.90 Å². The lowest BCUT2D eigenvalue weighted by Crippen LogP contribution is -2.33. The monoisotopic (exact) mass is 471 g/mol. The summed E-state index contributed by atoms with van der Waals surface area (Å²) in [6.45, 7) is 3.96. The summed E-state index contributed by atoms with van der Waals surface area (Å²) in [5, 5.41) is 17.2. The van der Waals surface area contributed by atoms with Crippen molar-refractivity contribution in [2.24, 2.45) is 7.05 Å². The van der Waals surface area contributed by atoms with Crippen molar-refractivity contribution in [2.75, 3.05) is 6.54 Å². The Morgan fingerprint density at radius 2 is 2.03 bits per heavy atom. The minimum absolute atomic E-state index is 0.135. The minimum atomic E-state index is -5.08. The van der Waals surface area contributed by atoms with Gasteiger partial charge in [0.1, 0.15) is 10.8 Å². The number of hydrogen-bond acceptors (Lipinski definition) is 7. The van der Waals surface area contributed by atoms with E-state index in [1.54, 1.807) is 35.5 Å². The Morgan fingerprint density at radius 1 is 1.28 bits per heavy atom. The summed E-state index contributed by atoms with van der Waals surface area (Å²) in [5.74, 6) is -1.86. The van der Waals surface area contributed by atoms with Crippen LogP contribution in [0.1, 0.15) is 26.9 Å². The molecule has 0 fully saturated rings. The summed E-state index contributed by atoms with van der Waals surface area (Å²) < 4.78 is 35.5. The molecule has 0 unspecified atom stereocenters. The van der Waals surface area contributed by atoms with Crippen molar-refractivity contribution in [3.8, 4) is 0 Å². The molecule has 4 rings (SSSR count). The van der Waals surface area contributed by atoms with Crippen LogP contribution in [0.15, 0.2) is 30.2 Å². The van der Waals surface area contributed by atoms with Crippen LogP contribution in [-0.4, -0.2) is 58.9 Å². The third-order valence-corrected chi connectivity index (χ3v) is 5.18. The van der Waals surface area contributed by atoms with Gasteiger partial charge in [-0.15, -0.1) is 11.3 Å². The van der Waals surface area contributed by atoms with Gasteiger partial charge in [0.05, 0.1) is 37.1 Å². The molecule has 1 amide bonds. The van der Waals surface area contributed by atoms with Gasteiger partial charge in [-0.05, 0) is 0 Å². The van der Waals surface area contributed by atoms with Crippen molar-refractivity contribution in [1.29, 1.82) is 0 Å². The van der Waals surface area contributed by atoms with E-state index in [0.717, 1.165) is 42.7 Å². The van der Waals surface area contributed by atoms with E-state index in [1.165, 1.54) is 0 Å². The lowest BCUT2D eigenvalue weighted by atomic mass is 10.3. The number of amides is 1. The van der Waals surface area contributed by atoms with E-state index in [-0.39, 0.29) is 5.91 Å². The van der Waals surface area contributed by atoms with Crippen molar-refractivity contribution in [3.63, 3.8) is 0 Å². The summed E-state index contributed by atoms with van der Waals surface area (Å²) in [5.41, 5.74) is 1.43. The second-order valence-corrected chi connectivity index (χ2v) is 7.85. The molecule has 0 bridgehead atoms. The number of alkyl halides is 3. The molecule has 172 valence electrons. The SMILES string of the molecule is Cn1cc(C(=O)NCc2cn3c(n2)CN(Cc2nccs2)CC3)cn1.O=C(O)C(F)(F)F. The molecule has 0 spiro atoms. The first-order chi connectivity index (χ1) is 15.1. The van der Waals surface area contributed by atoms with Gasteiger partial charge in [-0.1, -0.05) is 0 Å². The van der Waals surface area contributed by atoms with Crippen LogP contribution in [0.2, 0.25) is 0 Å². The molecule has 10 nitrogen and oxygen atoms in total. The quantitative estimate of drug-likeness (QED) is 0.581. The van der Waals surface area contributed by atoms with Gasteiger partial charge in [-0.2, -0.15) is 18.3 Å². The number of fused-ring (bicyclic) bond motifs is 1. The molecule has 4 heterocycles.